The van der Waals surface area contributed by atoms with Crippen LogP contribution < -0.4 is 16.0 Å². The lowest BCUT2D eigenvalue weighted by Gasteiger charge is -2.09. The Labute approximate surface area is 110 Å². The van der Waals surface area contributed by atoms with E-state index in [9.17, 15) is 9.59 Å². The van der Waals surface area contributed by atoms with Crippen LogP contribution in [0.25, 0.3) is 0 Å². The molecule has 0 bridgehead atoms. The number of amides is 1. The average molecular weight is 257 g/mol. The van der Waals surface area contributed by atoms with Crippen LogP contribution in [-0.2, 0) is 9.59 Å². The molecule has 0 radical (unpaired) electrons. The van der Waals surface area contributed by atoms with Crippen molar-refractivity contribution in [1.29, 1.82) is 0 Å². The summed E-state index contributed by atoms with van der Waals surface area (Å²) in [7, 11) is 0. The Bertz CT molecular complexity index is 227. The first-order chi connectivity index (χ1) is 8.45. The Morgan fingerprint density at radius 2 is 1.39 bits per heavy atom. The summed E-state index contributed by atoms with van der Waals surface area (Å²) in [5.41, 5.74) is 0. The molecule has 0 aliphatic heterocycles. The third-order valence-corrected chi connectivity index (χ3v) is 2.55. The van der Waals surface area contributed by atoms with Crippen LogP contribution >= 0.6 is 0 Å². The lowest BCUT2D eigenvalue weighted by atomic mass is 10.1. The maximum atomic E-state index is 11.3. The van der Waals surface area contributed by atoms with Gasteiger partial charge in [-0.15, -0.1) is 0 Å². The third-order valence-electron chi connectivity index (χ3n) is 2.55. The lowest BCUT2D eigenvalue weighted by molar-refractivity contribution is -0.124. The highest BCUT2D eigenvalue weighted by atomic mass is 16.1. The average Bonchev–Trinajstić information content (AvgIpc) is 2.31. The second-order valence-corrected chi connectivity index (χ2v) is 4.99. The first-order valence-corrected chi connectivity index (χ1v) is 6.67. The van der Waals surface area contributed by atoms with E-state index >= 15 is 0 Å². The summed E-state index contributed by atoms with van der Waals surface area (Å²) in [6.07, 6.45) is 0. The molecule has 0 unspecified atom stereocenters. The van der Waals surface area contributed by atoms with Crippen molar-refractivity contribution in [2.24, 2.45) is 11.8 Å². The summed E-state index contributed by atoms with van der Waals surface area (Å²) in [5.74, 6) is 0.446. The first-order valence-electron chi connectivity index (χ1n) is 6.67. The van der Waals surface area contributed by atoms with Crippen molar-refractivity contribution in [3.8, 4) is 0 Å². The topological polar surface area (TPSA) is 70.2 Å². The molecule has 0 aliphatic carbocycles. The van der Waals surface area contributed by atoms with Crippen LogP contribution in [0.3, 0.4) is 0 Å². The Hall–Kier alpha value is -0.940. The van der Waals surface area contributed by atoms with Crippen molar-refractivity contribution in [1.82, 2.24) is 16.0 Å². The van der Waals surface area contributed by atoms with E-state index < -0.39 is 0 Å². The molecule has 0 aromatic rings. The number of rotatable bonds is 10. The first kappa shape index (κ1) is 17.1. The maximum Gasteiger partial charge on any atom is 0.222 e. The number of ketones is 1. The molecule has 0 aliphatic rings. The van der Waals surface area contributed by atoms with Gasteiger partial charge in [-0.3, -0.25) is 9.59 Å². The van der Waals surface area contributed by atoms with Crippen molar-refractivity contribution in [3.63, 3.8) is 0 Å². The predicted octanol–water partition coefficient (Wildman–Crippen LogP) is 0.163. The van der Waals surface area contributed by atoms with E-state index in [2.05, 4.69) is 16.0 Å². The Morgan fingerprint density at radius 3 is 1.94 bits per heavy atom. The molecule has 3 N–H and O–H groups in total. The fourth-order valence-corrected chi connectivity index (χ4v) is 1.20. The van der Waals surface area contributed by atoms with Gasteiger partial charge in [0.25, 0.3) is 0 Å². The number of carbonyl (C=O) groups excluding carboxylic acids is 2. The van der Waals surface area contributed by atoms with Gasteiger partial charge in [0.2, 0.25) is 5.91 Å². The van der Waals surface area contributed by atoms with E-state index in [1.54, 1.807) is 0 Å². The molecule has 0 aromatic carbocycles. The fraction of sp³-hybridized carbons (Fsp3) is 0.846. The second kappa shape index (κ2) is 10.0. The summed E-state index contributed by atoms with van der Waals surface area (Å²) >= 11 is 0. The highest BCUT2D eigenvalue weighted by Crippen LogP contribution is 1.91. The van der Waals surface area contributed by atoms with Crippen molar-refractivity contribution in [2.75, 3.05) is 32.7 Å². The van der Waals surface area contributed by atoms with Gasteiger partial charge in [0.15, 0.2) is 0 Å². The Kier molecular flexibility index (Phi) is 9.50. The largest absolute Gasteiger partial charge is 0.355 e. The molecule has 1 amide bonds. The van der Waals surface area contributed by atoms with Crippen molar-refractivity contribution in [2.45, 2.75) is 27.7 Å². The molecule has 0 rings (SSSR count). The zero-order valence-electron chi connectivity index (χ0n) is 12.0. The molecule has 18 heavy (non-hydrogen) atoms. The van der Waals surface area contributed by atoms with Gasteiger partial charge < -0.3 is 16.0 Å². The maximum absolute atomic E-state index is 11.3. The van der Waals surface area contributed by atoms with E-state index in [1.165, 1.54) is 0 Å². The molecule has 5 heteroatoms. The standard InChI is InChI=1S/C13H27N3O2/c1-10(2)12(17)9-15-6-5-14-7-8-16-13(18)11(3)4/h10-11,14-15H,5-9H2,1-4H3,(H,16,18). The van der Waals surface area contributed by atoms with E-state index in [4.69, 9.17) is 0 Å². The van der Waals surface area contributed by atoms with Gasteiger partial charge >= 0.3 is 0 Å². The highest BCUT2D eigenvalue weighted by molar-refractivity contribution is 5.82. The summed E-state index contributed by atoms with van der Waals surface area (Å²) in [6, 6.07) is 0. The van der Waals surface area contributed by atoms with E-state index in [0.717, 1.165) is 19.6 Å². The summed E-state index contributed by atoms with van der Waals surface area (Å²) in [4.78, 5) is 22.5. The Balaban J connectivity index is 3.27. The zero-order chi connectivity index (χ0) is 14.0. The van der Waals surface area contributed by atoms with Crippen LogP contribution in [-0.4, -0.2) is 44.4 Å². The van der Waals surface area contributed by atoms with Gasteiger partial charge in [0.05, 0.1) is 6.54 Å². The summed E-state index contributed by atoms with van der Waals surface area (Å²) in [5, 5.41) is 9.11. The zero-order valence-corrected chi connectivity index (χ0v) is 12.0. The van der Waals surface area contributed by atoms with Crippen molar-refractivity contribution >= 4 is 11.7 Å². The van der Waals surface area contributed by atoms with Crippen molar-refractivity contribution in [3.05, 3.63) is 0 Å². The van der Waals surface area contributed by atoms with Crippen LogP contribution in [0, 0.1) is 11.8 Å². The number of hydrogen-bond acceptors (Lipinski definition) is 4. The smallest absolute Gasteiger partial charge is 0.222 e. The quantitative estimate of drug-likeness (QED) is 0.488. The van der Waals surface area contributed by atoms with E-state index in [1.807, 2.05) is 27.7 Å². The van der Waals surface area contributed by atoms with Gasteiger partial charge in [-0.2, -0.15) is 0 Å². The number of carbonyl (C=O) groups is 2. The minimum atomic E-state index is 0.0358. The van der Waals surface area contributed by atoms with Crippen LogP contribution in [0.15, 0.2) is 0 Å². The molecular weight excluding hydrogens is 230 g/mol. The van der Waals surface area contributed by atoms with E-state index in [0.29, 0.717) is 13.1 Å². The number of hydrogen-bond donors (Lipinski definition) is 3. The predicted molar refractivity (Wildman–Crippen MR) is 73.4 cm³/mol. The van der Waals surface area contributed by atoms with Gasteiger partial charge in [0.1, 0.15) is 5.78 Å². The van der Waals surface area contributed by atoms with Crippen LogP contribution in [0.4, 0.5) is 0 Å². The van der Waals surface area contributed by atoms with Gasteiger partial charge in [-0.1, -0.05) is 27.7 Å². The van der Waals surface area contributed by atoms with Crippen LogP contribution in [0.5, 0.6) is 0 Å². The van der Waals surface area contributed by atoms with E-state index in [-0.39, 0.29) is 23.5 Å². The van der Waals surface area contributed by atoms with Crippen molar-refractivity contribution < 1.29 is 9.59 Å². The molecular formula is C13H27N3O2. The molecule has 106 valence electrons. The Morgan fingerprint density at radius 1 is 0.833 bits per heavy atom. The minimum Gasteiger partial charge on any atom is -0.355 e. The van der Waals surface area contributed by atoms with Gasteiger partial charge in [-0.05, 0) is 0 Å². The molecule has 0 saturated heterocycles. The monoisotopic (exact) mass is 257 g/mol. The summed E-state index contributed by atoms with van der Waals surface area (Å²) < 4.78 is 0. The molecule has 0 spiro atoms. The molecule has 0 aromatic heterocycles. The lowest BCUT2D eigenvalue weighted by Crippen LogP contribution is -2.37. The molecule has 0 fully saturated rings. The van der Waals surface area contributed by atoms with Crippen LogP contribution in [0.2, 0.25) is 0 Å². The normalized spacial score (nSPS) is 11.0. The summed E-state index contributed by atoms with van der Waals surface area (Å²) in [6.45, 7) is 10.9. The molecule has 0 heterocycles. The van der Waals surface area contributed by atoms with Gasteiger partial charge in [-0.25, -0.2) is 0 Å². The third kappa shape index (κ3) is 9.13. The number of nitrogens with one attached hydrogen (secondary N) is 3. The number of Topliss-reactive ketones (excluding diaryl/α,β-unsaturated/α-hetero) is 1. The minimum absolute atomic E-state index is 0.0358. The second-order valence-electron chi connectivity index (χ2n) is 4.99. The molecule has 0 saturated carbocycles. The fourth-order valence-electron chi connectivity index (χ4n) is 1.20. The molecule has 0 atom stereocenters. The SMILES string of the molecule is CC(C)C(=O)CNCCNCCNC(=O)C(C)C. The molecule has 5 nitrogen and oxygen atoms in total. The highest BCUT2D eigenvalue weighted by Gasteiger charge is 2.05. The van der Waals surface area contributed by atoms with Gasteiger partial charge in [0, 0.05) is 38.0 Å². The van der Waals surface area contributed by atoms with Crippen LogP contribution in [0.1, 0.15) is 27.7 Å².